The van der Waals surface area contributed by atoms with Gasteiger partial charge in [-0.25, -0.2) is 4.79 Å². The molecule has 0 radical (unpaired) electrons. The van der Waals surface area contributed by atoms with Crippen molar-refractivity contribution in [1.82, 2.24) is 4.90 Å². The highest BCUT2D eigenvalue weighted by Gasteiger charge is 2.49. The van der Waals surface area contributed by atoms with Crippen molar-refractivity contribution in [1.29, 1.82) is 0 Å². The number of nitrogens with two attached hydrogens (primary N) is 1. The maximum atomic E-state index is 12.2. The summed E-state index contributed by atoms with van der Waals surface area (Å²) in [5.74, 6) is 0. The summed E-state index contributed by atoms with van der Waals surface area (Å²) in [5, 5.41) is 0. The average molecular weight is 240 g/mol. The van der Waals surface area contributed by atoms with Crippen molar-refractivity contribution in [2.24, 2.45) is 5.73 Å². The molecule has 4 heteroatoms. The van der Waals surface area contributed by atoms with Gasteiger partial charge in [0.2, 0.25) is 0 Å². The second-order valence-electron chi connectivity index (χ2n) is 6.49. The van der Waals surface area contributed by atoms with E-state index in [2.05, 4.69) is 0 Å². The smallest absolute Gasteiger partial charge is 0.410 e. The molecule has 1 spiro atoms. The standard InChI is InChI=1S/C13H24N2O2/c1-12(2,3)17-11(16)15-9-10(14)8-13(15)6-4-5-7-13/h10H,4-9,14H2,1-3H3. The number of rotatable bonds is 0. The van der Waals surface area contributed by atoms with Crippen molar-refractivity contribution in [2.45, 2.75) is 70.1 Å². The fraction of sp³-hybridized carbons (Fsp3) is 0.923. The van der Waals surface area contributed by atoms with Crippen LogP contribution in [-0.2, 0) is 4.74 Å². The van der Waals surface area contributed by atoms with Gasteiger partial charge in [-0.2, -0.15) is 0 Å². The minimum atomic E-state index is -0.427. The second-order valence-corrected chi connectivity index (χ2v) is 6.49. The summed E-state index contributed by atoms with van der Waals surface area (Å²) >= 11 is 0. The third kappa shape index (κ3) is 2.57. The lowest BCUT2D eigenvalue weighted by atomic mass is 9.93. The SMILES string of the molecule is CC(C)(C)OC(=O)N1CC(N)CC12CCCC2. The Morgan fingerprint density at radius 1 is 1.35 bits per heavy atom. The van der Waals surface area contributed by atoms with E-state index in [9.17, 15) is 4.79 Å². The summed E-state index contributed by atoms with van der Waals surface area (Å²) in [7, 11) is 0. The molecular weight excluding hydrogens is 216 g/mol. The van der Waals surface area contributed by atoms with E-state index >= 15 is 0 Å². The average Bonchev–Trinajstić information content (AvgIpc) is 2.72. The zero-order valence-electron chi connectivity index (χ0n) is 11.2. The van der Waals surface area contributed by atoms with Crippen molar-refractivity contribution in [3.05, 3.63) is 0 Å². The van der Waals surface area contributed by atoms with Crippen LogP contribution < -0.4 is 5.73 Å². The highest BCUT2D eigenvalue weighted by molar-refractivity contribution is 5.70. The van der Waals surface area contributed by atoms with Gasteiger partial charge in [0.25, 0.3) is 0 Å². The van der Waals surface area contributed by atoms with Crippen molar-refractivity contribution >= 4 is 6.09 Å². The Labute approximate surface area is 103 Å². The Morgan fingerprint density at radius 2 is 1.94 bits per heavy atom. The van der Waals surface area contributed by atoms with E-state index in [0.29, 0.717) is 6.54 Å². The molecule has 0 aromatic heterocycles. The molecule has 1 saturated carbocycles. The number of hydrogen-bond donors (Lipinski definition) is 1. The van der Waals surface area contributed by atoms with Gasteiger partial charge in [-0.05, 0) is 40.0 Å². The molecule has 1 amide bonds. The number of hydrogen-bond acceptors (Lipinski definition) is 3. The van der Waals surface area contributed by atoms with E-state index in [1.54, 1.807) is 0 Å². The van der Waals surface area contributed by atoms with Crippen LogP contribution >= 0.6 is 0 Å². The van der Waals surface area contributed by atoms with Crippen LogP contribution in [0.5, 0.6) is 0 Å². The lowest BCUT2D eigenvalue weighted by Crippen LogP contribution is -2.47. The predicted molar refractivity (Wildman–Crippen MR) is 66.7 cm³/mol. The van der Waals surface area contributed by atoms with Crippen LogP contribution in [0.3, 0.4) is 0 Å². The zero-order chi connectivity index (χ0) is 12.7. The van der Waals surface area contributed by atoms with Crippen LogP contribution in [0.4, 0.5) is 4.79 Å². The predicted octanol–water partition coefficient (Wildman–Crippen LogP) is 2.27. The van der Waals surface area contributed by atoms with Gasteiger partial charge in [-0.15, -0.1) is 0 Å². The summed E-state index contributed by atoms with van der Waals surface area (Å²) in [6, 6.07) is 0.112. The molecule has 1 aliphatic carbocycles. The first kappa shape index (κ1) is 12.7. The molecular formula is C13H24N2O2. The first-order chi connectivity index (χ1) is 7.82. The van der Waals surface area contributed by atoms with Gasteiger partial charge in [0.05, 0.1) is 0 Å². The molecule has 1 heterocycles. The molecule has 1 unspecified atom stereocenters. The molecule has 2 aliphatic rings. The highest BCUT2D eigenvalue weighted by atomic mass is 16.6. The van der Waals surface area contributed by atoms with Gasteiger partial charge < -0.3 is 15.4 Å². The van der Waals surface area contributed by atoms with E-state index < -0.39 is 5.60 Å². The Hall–Kier alpha value is -0.770. The highest BCUT2D eigenvalue weighted by Crippen LogP contribution is 2.43. The second kappa shape index (κ2) is 4.16. The maximum Gasteiger partial charge on any atom is 0.410 e. The Bertz CT molecular complexity index is 303. The number of ether oxygens (including phenoxy) is 1. The summed E-state index contributed by atoms with van der Waals surface area (Å²) in [6.45, 7) is 6.36. The van der Waals surface area contributed by atoms with Gasteiger partial charge in [-0.3, -0.25) is 0 Å². The summed E-state index contributed by atoms with van der Waals surface area (Å²) in [4.78, 5) is 14.1. The van der Waals surface area contributed by atoms with Crippen LogP contribution in [0.2, 0.25) is 0 Å². The van der Waals surface area contributed by atoms with Gasteiger partial charge in [-0.1, -0.05) is 12.8 Å². The van der Waals surface area contributed by atoms with Crippen LogP contribution in [0.15, 0.2) is 0 Å². The lowest BCUT2D eigenvalue weighted by molar-refractivity contribution is 0.00873. The van der Waals surface area contributed by atoms with Gasteiger partial charge in [0.15, 0.2) is 0 Å². The quantitative estimate of drug-likeness (QED) is 0.706. The minimum Gasteiger partial charge on any atom is -0.444 e. The number of nitrogens with zero attached hydrogens (tertiary/aromatic N) is 1. The third-order valence-electron chi connectivity index (χ3n) is 3.78. The van der Waals surface area contributed by atoms with Gasteiger partial charge in [0.1, 0.15) is 5.60 Å². The monoisotopic (exact) mass is 240 g/mol. The van der Waals surface area contributed by atoms with E-state index in [0.717, 1.165) is 19.3 Å². The molecule has 2 rings (SSSR count). The van der Waals surface area contributed by atoms with E-state index in [1.807, 2.05) is 25.7 Å². The molecule has 4 nitrogen and oxygen atoms in total. The molecule has 17 heavy (non-hydrogen) atoms. The Morgan fingerprint density at radius 3 is 2.47 bits per heavy atom. The van der Waals surface area contributed by atoms with Crippen LogP contribution in [0.25, 0.3) is 0 Å². The van der Waals surface area contributed by atoms with Crippen molar-refractivity contribution in [3.63, 3.8) is 0 Å². The molecule has 1 saturated heterocycles. The van der Waals surface area contributed by atoms with E-state index in [-0.39, 0.29) is 17.7 Å². The third-order valence-corrected chi connectivity index (χ3v) is 3.78. The van der Waals surface area contributed by atoms with Crippen molar-refractivity contribution < 1.29 is 9.53 Å². The summed E-state index contributed by atoms with van der Waals surface area (Å²) in [5.41, 5.74) is 5.61. The van der Waals surface area contributed by atoms with Crippen LogP contribution in [0, 0.1) is 0 Å². The molecule has 98 valence electrons. The molecule has 1 aliphatic heterocycles. The maximum absolute atomic E-state index is 12.2. The summed E-state index contributed by atoms with van der Waals surface area (Å²) in [6.07, 6.45) is 5.32. The molecule has 0 bridgehead atoms. The number of likely N-dealkylation sites (tertiary alicyclic amines) is 1. The fourth-order valence-corrected chi connectivity index (χ4v) is 3.18. The zero-order valence-corrected chi connectivity index (χ0v) is 11.2. The largest absolute Gasteiger partial charge is 0.444 e. The Kier molecular flexibility index (Phi) is 3.10. The molecule has 2 fully saturated rings. The molecule has 2 N–H and O–H groups in total. The van der Waals surface area contributed by atoms with Gasteiger partial charge >= 0.3 is 6.09 Å². The number of carbonyl (C=O) groups excluding carboxylic acids is 1. The van der Waals surface area contributed by atoms with Crippen molar-refractivity contribution in [3.8, 4) is 0 Å². The van der Waals surface area contributed by atoms with E-state index in [1.165, 1.54) is 12.8 Å². The fourth-order valence-electron chi connectivity index (χ4n) is 3.18. The molecule has 0 aromatic carbocycles. The topological polar surface area (TPSA) is 55.6 Å². The van der Waals surface area contributed by atoms with Crippen LogP contribution in [0.1, 0.15) is 52.9 Å². The van der Waals surface area contributed by atoms with Crippen molar-refractivity contribution in [2.75, 3.05) is 6.54 Å². The molecule has 1 atom stereocenters. The Balaban J connectivity index is 2.10. The first-order valence-corrected chi connectivity index (χ1v) is 6.59. The lowest BCUT2D eigenvalue weighted by Gasteiger charge is -2.36. The minimum absolute atomic E-state index is 0.00174. The van der Waals surface area contributed by atoms with Gasteiger partial charge in [0, 0.05) is 18.1 Å². The van der Waals surface area contributed by atoms with Crippen LogP contribution in [-0.4, -0.2) is 34.7 Å². The summed E-state index contributed by atoms with van der Waals surface area (Å²) < 4.78 is 5.49. The molecule has 0 aromatic rings. The number of carbonyl (C=O) groups is 1. The first-order valence-electron chi connectivity index (χ1n) is 6.59. The number of amides is 1. The normalized spacial score (nSPS) is 27.8. The van der Waals surface area contributed by atoms with E-state index in [4.69, 9.17) is 10.5 Å².